The van der Waals surface area contributed by atoms with E-state index in [-0.39, 0.29) is 36.3 Å². The van der Waals surface area contributed by atoms with E-state index in [1.807, 2.05) is 0 Å². The lowest BCUT2D eigenvalue weighted by atomic mass is 9.92. The largest absolute Gasteiger partial charge is 0.416 e. The van der Waals surface area contributed by atoms with E-state index in [1.165, 1.54) is 25.1 Å². The Morgan fingerprint density at radius 1 is 0.821 bits per heavy atom. The van der Waals surface area contributed by atoms with Gasteiger partial charge in [-0.1, -0.05) is 6.07 Å². The van der Waals surface area contributed by atoms with Crippen molar-refractivity contribution in [2.45, 2.75) is 76.0 Å². The van der Waals surface area contributed by atoms with Crippen molar-refractivity contribution in [2.24, 2.45) is 0 Å². The van der Waals surface area contributed by atoms with Gasteiger partial charge in [0, 0.05) is 36.5 Å². The van der Waals surface area contributed by atoms with Gasteiger partial charge in [0.2, 0.25) is 5.91 Å². The summed E-state index contributed by atoms with van der Waals surface area (Å²) >= 11 is 0. The molecule has 39 heavy (non-hydrogen) atoms. The second-order valence-electron chi connectivity index (χ2n) is 10.3. The smallest absolute Gasteiger partial charge is 0.382 e. The van der Waals surface area contributed by atoms with Crippen LogP contribution in [0, 0.1) is 6.92 Å². The molecule has 1 aliphatic heterocycles. The van der Waals surface area contributed by atoms with Crippen LogP contribution in [0.2, 0.25) is 0 Å². The van der Waals surface area contributed by atoms with Gasteiger partial charge in [0.15, 0.2) is 0 Å². The number of carbonyl (C=O) groups is 1. The van der Waals surface area contributed by atoms with E-state index in [9.17, 15) is 31.1 Å². The van der Waals surface area contributed by atoms with Crippen LogP contribution in [0.5, 0.6) is 0 Å². The monoisotopic (exact) mass is 557 g/mol. The predicted molar refractivity (Wildman–Crippen MR) is 136 cm³/mol. The molecule has 11 heteroatoms. The average Bonchev–Trinajstić information content (AvgIpc) is 2.89. The van der Waals surface area contributed by atoms with Crippen molar-refractivity contribution in [2.75, 3.05) is 30.3 Å². The van der Waals surface area contributed by atoms with Gasteiger partial charge in [-0.05, 0) is 87.4 Å². The molecule has 0 unspecified atom stereocenters. The summed E-state index contributed by atoms with van der Waals surface area (Å²) in [4.78, 5) is 14.4. The molecule has 0 atom stereocenters. The molecule has 4 rings (SSSR count). The van der Waals surface area contributed by atoms with Gasteiger partial charge in [-0.2, -0.15) is 26.3 Å². The van der Waals surface area contributed by atoms with Crippen molar-refractivity contribution in [3.05, 3.63) is 59.2 Å². The minimum Gasteiger partial charge on any atom is -0.382 e. The second kappa shape index (κ2) is 12.1. The molecule has 1 amide bonds. The van der Waals surface area contributed by atoms with Gasteiger partial charge in [0.05, 0.1) is 17.2 Å². The van der Waals surface area contributed by atoms with Crippen LogP contribution < -0.4 is 10.6 Å². The third kappa shape index (κ3) is 8.03. The molecule has 1 aliphatic carbocycles. The molecule has 0 radical (unpaired) electrons. The number of alkyl halides is 6. The van der Waals surface area contributed by atoms with E-state index >= 15 is 0 Å². The number of piperidine rings is 1. The lowest BCUT2D eigenvalue weighted by molar-refractivity contribution is -0.140. The number of ether oxygens (including phenoxy) is 1. The normalized spacial score (nSPS) is 21.1. The van der Waals surface area contributed by atoms with Crippen LogP contribution in [0.25, 0.3) is 0 Å². The summed E-state index contributed by atoms with van der Waals surface area (Å²) in [6.07, 6.45) is -4.59. The molecular formula is C28H33F6N3O2. The highest BCUT2D eigenvalue weighted by atomic mass is 19.4. The first-order valence-electron chi connectivity index (χ1n) is 13.2. The molecular weight excluding hydrogens is 524 g/mol. The Labute approximate surface area is 223 Å². The standard InChI is InChI=1S/C28H33F6N3O2/c1-18-2-5-23(16-25(18)28(32,33)34)36-21-8-10-24(11-9-21)39-17-26(38)37-14-12-22(13-15-37)35-20-6-3-19(4-7-20)27(29,30)31/h2-7,16,21-22,24,35-36H,8-15,17H2,1H3/t21-,24-. The van der Waals surface area contributed by atoms with Gasteiger partial charge in [0.25, 0.3) is 0 Å². The van der Waals surface area contributed by atoms with Gasteiger partial charge in [-0.3, -0.25) is 4.79 Å². The summed E-state index contributed by atoms with van der Waals surface area (Å²) in [7, 11) is 0. The molecule has 214 valence electrons. The molecule has 2 aromatic rings. The fourth-order valence-electron chi connectivity index (χ4n) is 5.17. The van der Waals surface area contributed by atoms with Crippen molar-refractivity contribution in [1.29, 1.82) is 0 Å². The number of hydrogen-bond acceptors (Lipinski definition) is 4. The number of anilines is 2. The first kappa shape index (κ1) is 29.0. The third-order valence-corrected chi connectivity index (χ3v) is 7.46. The fourth-order valence-corrected chi connectivity index (χ4v) is 5.17. The number of benzene rings is 2. The molecule has 0 spiro atoms. The first-order chi connectivity index (χ1) is 18.4. The molecule has 1 saturated carbocycles. The molecule has 2 N–H and O–H groups in total. The average molecular weight is 558 g/mol. The Hall–Kier alpha value is -2.95. The van der Waals surface area contributed by atoms with E-state index in [0.717, 1.165) is 31.0 Å². The Kier molecular flexibility index (Phi) is 8.98. The summed E-state index contributed by atoms with van der Waals surface area (Å²) in [6.45, 7) is 2.49. The van der Waals surface area contributed by atoms with E-state index in [0.29, 0.717) is 50.1 Å². The summed E-state index contributed by atoms with van der Waals surface area (Å²) in [6, 6.07) is 9.32. The minimum atomic E-state index is -4.39. The number of halogens is 6. The van der Waals surface area contributed by atoms with Crippen LogP contribution >= 0.6 is 0 Å². The maximum atomic E-state index is 13.2. The Bertz CT molecular complexity index is 1100. The van der Waals surface area contributed by atoms with Crippen LogP contribution in [0.4, 0.5) is 37.7 Å². The van der Waals surface area contributed by atoms with Crippen molar-refractivity contribution in [3.8, 4) is 0 Å². The topological polar surface area (TPSA) is 53.6 Å². The van der Waals surface area contributed by atoms with E-state index in [2.05, 4.69) is 10.6 Å². The molecule has 2 fully saturated rings. The van der Waals surface area contributed by atoms with E-state index in [4.69, 9.17) is 4.74 Å². The Balaban J connectivity index is 1.15. The molecule has 2 aromatic carbocycles. The number of hydrogen-bond donors (Lipinski definition) is 2. The Morgan fingerprint density at radius 3 is 1.97 bits per heavy atom. The second-order valence-corrected chi connectivity index (χ2v) is 10.3. The van der Waals surface area contributed by atoms with Crippen molar-refractivity contribution >= 4 is 17.3 Å². The summed E-state index contributed by atoms with van der Waals surface area (Å²) in [5.74, 6) is -0.0948. The van der Waals surface area contributed by atoms with E-state index < -0.39 is 23.5 Å². The van der Waals surface area contributed by atoms with Gasteiger partial charge >= 0.3 is 12.4 Å². The van der Waals surface area contributed by atoms with Gasteiger partial charge in [-0.25, -0.2) is 0 Å². The summed E-state index contributed by atoms with van der Waals surface area (Å²) < 4.78 is 83.6. The van der Waals surface area contributed by atoms with Crippen LogP contribution in [-0.2, 0) is 21.9 Å². The highest BCUT2D eigenvalue weighted by molar-refractivity contribution is 5.77. The zero-order valence-corrected chi connectivity index (χ0v) is 21.7. The van der Waals surface area contributed by atoms with Crippen LogP contribution in [-0.4, -0.2) is 48.7 Å². The highest BCUT2D eigenvalue weighted by Gasteiger charge is 2.33. The number of nitrogens with zero attached hydrogens (tertiary/aromatic N) is 1. The molecule has 0 aromatic heterocycles. The highest BCUT2D eigenvalue weighted by Crippen LogP contribution is 2.34. The number of aryl methyl sites for hydroxylation is 1. The summed E-state index contributed by atoms with van der Waals surface area (Å²) in [5.41, 5.74) is -0.0750. The molecule has 5 nitrogen and oxygen atoms in total. The third-order valence-electron chi connectivity index (χ3n) is 7.46. The lowest BCUT2D eigenvalue weighted by Crippen LogP contribution is -2.44. The first-order valence-corrected chi connectivity index (χ1v) is 13.2. The SMILES string of the molecule is Cc1ccc(N[C@H]2CC[C@H](OCC(=O)N3CCC(Nc4ccc(C(F)(F)F)cc4)CC3)CC2)cc1C(F)(F)F. The molecule has 2 aliphatic rings. The van der Waals surface area contributed by atoms with Crippen LogP contribution in [0.1, 0.15) is 55.2 Å². The number of carbonyl (C=O) groups excluding carboxylic acids is 1. The van der Waals surface area contributed by atoms with Crippen molar-refractivity contribution < 1.29 is 35.9 Å². The van der Waals surface area contributed by atoms with Gasteiger partial charge < -0.3 is 20.3 Å². The zero-order chi connectivity index (χ0) is 28.2. The maximum absolute atomic E-state index is 13.2. The number of likely N-dealkylation sites (tertiary alicyclic amines) is 1. The quantitative estimate of drug-likeness (QED) is 0.365. The van der Waals surface area contributed by atoms with E-state index in [1.54, 1.807) is 11.0 Å². The summed E-state index contributed by atoms with van der Waals surface area (Å²) in [5, 5.41) is 6.44. The zero-order valence-electron chi connectivity index (χ0n) is 21.7. The minimum absolute atomic E-state index is 0.0212. The number of rotatable bonds is 7. The van der Waals surface area contributed by atoms with Gasteiger partial charge in [0.1, 0.15) is 6.61 Å². The van der Waals surface area contributed by atoms with Gasteiger partial charge in [-0.15, -0.1) is 0 Å². The maximum Gasteiger partial charge on any atom is 0.416 e. The molecule has 0 bridgehead atoms. The van der Waals surface area contributed by atoms with Crippen molar-refractivity contribution in [1.82, 2.24) is 4.90 Å². The predicted octanol–water partition coefficient (Wildman–Crippen LogP) is 6.88. The lowest BCUT2D eigenvalue weighted by Gasteiger charge is -2.34. The molecule has 1 heterocycles. The number of amides is 1. The van der Waals surface area contributed by atoms with Crippen molar-refractivity contribution in [3.63, 3.8) is 0 Å². The fraction of sp³-hybridized carbons (Fsp3) is 0.536. The van der Waals surface area contributed by atoms with Crippen LogP contribution in [0.15, 0.2) is 42.5 Å². The van der Waals surface area contributed by atoms with Crippen LogP contribution in [0.3, 0.4) is 0 Å². The Morgan fingerprint density at radius 2 is 1.38 bits per heavy atom. The number of nitrogens with one attached hydrogen (secondary N) is 2. The molecule has 1 saturated heterocycles.